The molecule has 0 saturated heterocycles. The van der Waals surface area contributed by atoms with Gasteiger partial charge in [-0.1, -0.05) is 48.9 Å². The van der Waals surface area contributed by atoms with Crippen LogP contribution in [0.5, 0.6) is 0 Å². The minimum atomic E-state index is -4.35. The van der Waals surface area contributed by atoms with Crippen LogP contribution in [0.25, 0.3) is 16.7 Å². The van der Waals surface area contributed by atoms with Crippen molar-refractivity contribution in [2.45, 2.75) is 48.8 Å². The number of hydrogen-bond donors (Lipinski definition) is 0. The molecular formula is C22H19F3N4OS. The van der Waals surface area contributed by atoms with Gasteiger partial charge in [-0.3, -0.25) is 13.8 Å². The van der Waals surface area contributed by atoms with Gasteiger partial charge < -0.3 is 0 Å². The average molecular weight is 444 g/mol. The number of alkyl halides is 3. The number of fused-ring (bicyclic) bond motifs is 3. The molecular weight excluding hydrogens is 425 g/mol. The lowest BCUT2D eigenvalue weighted by Gasteiger charge is -2.16. The Morgan fingerprint density at radius 3 is 2.42 bits per heavy atom. The predicted molar refractivity (Wildman–Crippen MR) is 113 cm³/mol. The van der Waals surface area contributed by atoms with Gasteiger partial charge >= 0.3 is 6.18 Å². The summed E-state index contributed by atoms with van der Waals surface area (Å²) in [7, 11) is 0. The first-order valence-electron chi connectivity index (χ1n) is 10.1. The van der Waals surface area contributed by atoms with Gasteiger partial charge in [0.15, 0.2) is 5.16 Å². The van der Waals surface area contributed by atoms with Gasteiger partial charge in [-0.05, 0) is 42.7 Å². The highest BCUT2D eigenvalue weighted by Crippen LogP contribution is 2.33. The summed E-state index contributed by atoms with van der Waals surface area (Å²) in [5.74, 6) is 0.959. The molecule has 160 valence electrons. The molecule has 31 heavy (non-hydrogen) atoms. The summed E-state index contributed by atoms with van der Waals surface area (Å²) in [5, 5.41) is 9.88. The lowest BCUT2D eigenvalue weighted by Crippen LogP contribution is -2.26. The lowest BCUT2D eigenvalue weighted by atomic mass is 10.1. The van der Waals surface area contributed by atoms with Crippen molar-refractivity contribution in [2.75, 3.05) is 0 Å². The third-order valence-corrected chi connectivity index (χ3v) is 6.77. The van der Waals surface area contributed by atoms with E-state index in [1.54, 1.807) is 4.57 Å². The third-order valence-electron chi connectivity index (χ3n) is 5.76. The van der Waals surface area contributed by atoms with Crippen LogP contribution in [0.2, 0.25) is 0 Å². The van der Waals surface area contributed by atoms with Gasteiger partial charge in [0.1, 0.15) is 0 Å². The summed E-state index contributed by atoms with van der Waals surface area (Å²) >= 11 is 1.39. The Balaban J connectivity index is 1.55. The second-order valence-electron chi connectivity index (χ2n) is 7.73. The standard InChI is InChI=1S/C22H19F3N4OS/c23-22(24,25)15-11-9-14(10-12-15)13-31-21-27-26-20-28(16-5-1-2-6-16)19(30)17-7-3-4-8-18(17)29(20)21/h3-4,7-12,16H,1-2,5-6,13H2. The maximum Gasteiger partial charge on any atom is 0.416 e. The summed E-state index contributed by atoms with van der Waals surface area (Å²) in [5.41, 5.74) is 0.766. The molecule has 0 unspecified atom stereocenters. The number of aromatic nitrogens is 4. The van der Waals surface area contributed by atoms with E-state index < -0.39 is 11.7 Å². The molecule has 1 fully saturated rings. The van der Waals surface area contributed by atoms with Gasteiger partial charge in [-0.15, -0.1) is 10.2 Å². The zero-order valence-electron chi connectivity index (χ0n) is 16.5. The molecule has 2 aromatic carbocycles. The molecule has 0 spiro atoms. The van der Waals surface area contributed by atoms with E-state index in [0.29, 0.717) is 22.1 Å². The fourth-order valence-electron chi connectivity index (χ4n) is 4.22. The van der Waals surface area contributed by atoms with Gasteiger partial charge in [0, 0.05) is 11.8 Å². The molecule has 1 aliphatic carbocycles. The van der Waals surface area contributed by atoms with E-state index in [1.807, 2.05) is 28.7 Å². The van der Waals surface area contributed by atoms with E-state index in [9.17, 15) is 18.0 Å². The van der Waals surface area contributed by atoms with E-state index in [4.69, 9.17) is 0 Å². The Kier molecular flexibility index (Phi) is 5.00. The molecule has 0 aliphatic heterocycles. The number of para-hydroxylation sites is 1. The Bertz CT molecular complexity index is 1300. The first kappa shape index (κ1) is 20.1. The molecule has 4 aromatic rings. The molecule has 0 amide bonds. The van der Waals surface area contributed by atoms with Crippen LogP contribution >= 0.6 is 11.8 Å². The van der Waals surface area contributed by atoms with E-state index in [1.165, 1.54) is 23.9 Å². The van der Waals surface area contributed by atoms with E-state index >= 15 is 0 Å². The fourth-order valence-corrected chi connectivity index (χ4v) is 5.12. The normalized spacial score (nSPS) is 15.3. The summed E-state index contributed by atoms with van der Waals surface area (Å²) in [6, 6.07) is 12.6. The molecule has 5 nitrogen and oxygen atoms in total. The highest BCUT2D eigenvalue weighted by Gasteiger charge is 2.30. The number of thioether (sulfide) groups is 1. The summed E-state index contributed by atoms with van der Waals surface area (Å²) in [6.07, 6.45) is -0.305. The molecule has 5 rings (SSSR count). The summed E-state index contributed by atoms with van der Waals surface area (Å²) in [4.78, 5) is 13.2. The summed E-state index contributed by atoms with van der Waals surface area (Å²) < 4.78 is 42.0. The monoisotopic (exact) mass is 444 g/mol. The fraction of sp³-hybridized carbons (Fsp3) is 0.318. The quantitative estimate of drug-likeness (QED) is 0.392. The van der Waals surface area contributed by atoms with Crippen LogP contribution in [0.3, 0.4) is 0 Å². The number of benzene rings is 2. The maximum atomic E-state index is 13.2. The molecule has 0 bridgehead atoms. The van der Waals surface area contributed by atoms with Crippen molar-refractivity contribution in [2.24, 2.45) is 0 Å². The topological polar surface area (TPSA) is 52.2 Å². The minimum absolute atomic E-state index is 0.0540. The highest BCUT2D eigenvalue weighted by molar-refractivity contribution is 7.98. The number of nitrogens with zero attached hydrogens (tertiary/aromatic N) is 4. The Hall–Kier alpha value is -2.81. The van der Waals surface area contributed by atoms with Crippen molar-refractivity contribution in [1.82, 2.24) is 19.2 Å². The first-order valence-corrected chi connectivity index (χ1v) is 11.1. The van der Waals surface area contributed by atoms with Crippen molar-refractivity contribution >= 4 is 28.4 Å². The average Bonchev–Trinajstić information content (AvgIpc) is 3.43. The Labute approximate surface area is 179 Å². The zero-order chi connectivity index (χ0) is 21.6. The SMILES string of the molecule is O=c1c2ccccc2n2c(SCc3ccc(C(F)(F)F)cc3)nnc2n1C1CCCC1. The summed E-state index contributed by atoms with van der Waals surface area (Å²) in [6.45, 7) is 0. The van der Waals surface area contributed by atoms with Crippen LogP contribution in [0.4, 0.5) is 13.2 Å². The largest absolute Gasteiger partial charge is 0.416 e. The van der Waals surface area contributed by atoms with E-state index in [2.05, 4.69) is 10.2 Å². The number of hydrogen-bond acceptors (Lipinski definition) is 4. The highest BCUT2D eigenvalue weighted by atomic mass is 32.2. The van der Waals surface area contributed by atoms with Gasteiger partial charge in [-0.2, -0.15) is 13.2 Å². The van der Waals surface area contributed by atoms with Crippen LogP contribution in [0, 0.1) is 0 Å². The molecule has 0 radical (unpaired) electrons. The second-order valence-corrected chi connectivity index (χ2v) is 8.67. The van der Waals surface area contributed by atoms with E-state index in [0.717, 1.165) is 48.9 Å². The Morgan fingerprint density at radius 2 is 1.71 bits per heavy atom. The van der Waals surface area contributed by atoms with Gasteiger partial charge in [0.25, 0.3) is 5.56 Å². The predicted octanol–water partition coefficient (Wildman–Crippen LogP) is 5.47. The smallest absolute Gasteiger partial charge is 0.273 e. The maximum absolute atomic E-state index is 13.2. The van der Waals surface area contributed by atoms with Crippen LogP contribution in [-0.4, -0.2) is 19.2 Å². The van der Waals surface area contributed by atoms with Crippen LogP contribution in [-0.2, 0) is 11.9 Å². The molecule has 2 aromatic heterocycles. The lowest BCUT2D eigenvalue weighted by molar-refractivity contribution is -0.137. The molecule has 0 atom stereocenters. The van der Waals surface area contributed by atoms with Crippen molar-refractivity contribution in [1.29, 1.82) is 0 Å². The van der Waals surface area contributed by atoms with Gasteiger partial charge in [0.2, 0.25) is 5.78 Å². The minimum Gasteiger partial charge on any atom is -0.273 e. The van der Waals surface area contributed by atoms with Crippen molar-refractivity contribution in [3.05, 3.63) is 70.0 Å². The number of halogens is 3. The van der Waals surface area contributed by atoms with Crippen molar-refractivity contribution in [3.63, 3.8) is 0 Å². The first-order chi connectivity index (χ1) is 14.9. The van der Waals surface area contributed by atoms with Gasteiger partial charge in [0.05, 0.1) is 16.5 Å². The second kappa shape index (κ2) is 7.71. The molecule has 1 aliphatic rings. The van der Waals surface area contributed by atoms with Crippen LogP contribution in [0.15, 0.2) is 58.5 Å². The molecule has 0 N–H and O–H groups in total. The molecule has 1 saturated carbocycles. The van der Waals surface area contributed by atoms with Crippen molar-refractivity contribution < 1.29 is 13.2 Å². The van der Waals surface area contributed by atoms with Crippen LogP contribution < -0.4 is 5.56 Å². The Morgan fingerprint density at radius 1 is 1.00 bits per heavy atom. The third kappa shape index (κ3) is 3.60. The van der Waals surface area contributed by atoms with Crippen molar-refractivity contribution in [3.8, 4) is 0 Å². The molecule has 2 heterocycles. The number of rotatable bonds is 4. The zero-order valence-corrected chi connectivity index (χ0v) is 17.3. The molecule has 9 heteroatoms. The van der Waals surface area contributed by atoms with Crippen LogP contribution in [0.1, 0.15) is 42.9 Å². The van der Waals surface area contributed by atoms with E-state index in [-0.39, 0.29) is 11.6 Å². The van der Waals surface area contributed by atoms with Gasteiger partial charge in [-0.25, -0.2) is 0 Å².